The largest absolute Gasteiger partial charge is 0.373 e. The number of thiazole rings is 1. The number of nitrogens with zero attached hydrogens (tertiary/aromatic N) is 3. The quantitative estimate of drug-likeness (QED) is 0.850. The molecular formula is C11H15N5S. The van der Waals surface area contributed by atoms with Gasteiger partial charge in [-0.2, -0.15) is 0 Å². The molecule has 2 rings (SSSR count). The Balaban J connectivity index is 1.93. The van der Waals surface area contributed by atoms with E-state index in [0.29, 0.717) is 5.92 Å². The third-order valence-corrected chi connectivity index (χ3v) is 3.39. The highest BCUT2D eigenvalue weighted by atomic mass is 32.1. The van der Waals surface area contributed by atoms with Crippen LogP contribution >= 0.6 is 11.3 Å². The normalized spacial score (nSPS) is 12.1. The monoisotopic (exact) mass is 249 g/mol. The lowest BCUT2D eigenvalue weighted by Crippen LogP contribution is -2.11. The summed E-state index contributed by atoms with van der Waals surface area (Å²) >= 11 is 1.68. The highest BCUT2D eigenvalue weighted by molar-refractivity contribution is 7.09. The van der Waals surface area contributed by atoms with Gasteiger partial charge in [-0.05, 0) is 0 Å². The van der Waals surface area contributed by atoms with Gasteiger partial charge in [0.25, 0.3) is 0 Å². The molecule has 17 heavy (non-hydrogen) atoms. The van der Waals surface area contributed by atoms with Crippen molar-refractivity contribution in [2.75, 3.05) is 24.2 Å². The Hall–Kier alpha value is -1.69. The summed E-state index contributed by atoms with van der Waals surface area (Å²) in [4.78, 5) is 12.5. The predicted molar refractivity (Wildman–Crippen MR) is 70.6 cm³/mol. The maximum absolute atomic E-state index is 4.30. The van der Waals surface area contributed by atoms with E-state index in [1.54, 1.807) is 17.7 Å². The Bertz CT molecular complexity index is 457. The molecule has 0 aromatic carbocycles. The van der Waals surface area contributed by atoms with E-state index in [1.165, 1.54) is 0 Å². The van der Waals surface area contributed by atoms with E-state index in [-0.39, 0.29) is 0 Å². The van der Waals surface area contributed by atoms with Crippen LogP contribution in [0, 0.1) is 0 Å². The van der Waals surface area contributed by atoms with E-state index in [2.05, 4.69) is 32.5 Å². The van der Waals surface area contributed by atoms with Gasteiger partial charge in [-0.25, -0.2) is 15.0 Å². The molecule has 2 aromatic rings. The molecule has 0 saturated heterocycles. The van der Waals surface area contributed by atoms with Gasteiger partial charge in [0.2, 0.25) is 0 Å². The first-order chi connectivity index (χ1) is 8.29. The molecule has 1 unspecified atom stereocenters. The lowest BCUT2D eigenvalue weighted by Gasteiger charge is -2.10. The van der Waals surface area contributed by atoms with Crippen LogP contribution in [0.15, 0.2) is 24.0 Å². The van der Waals surface area contributed by atoms with Gasteiger partial charge in [-0.1, -0.05) is 6.92 Å². The average molecular weight is 249 g/mol. The summed E-state index contributed by atoms with van der Waals surface area (Å²) in [6.45, 7) is 2.96. The average Bonchev–Trinajstić information content (AvgIpc) is 2.90. The third kappa shape index (κ3) is 3.13. The first-order valence-corrected chi connectivity index (χ1v) is 6.30. The number of anilines is 2. The van der Waals surface area contributed by atoms with Crippen LogP contribution in [0.25, 0.3) is 0 Å². The van der Waals surface area contributed by atoms with Crippen LogP contribution in [0.3, 0.4) is 0 Å². The van der Waals surface area contributed by atoms with Gasteiger partial charge in [0, 0.05) is 37.2 Å². The van der Waals surface area contributed by atoms with E-state index in [0.717, 1.165) is 23.2 Å². The molecule has 1 atom stereocenters. The summed E-state index contributed by atoms with van der Waals surface area (Å²) in [6, 6.07) is 1.88. The Morgan fingerprint density at radius 3 is 2.82 bits per heavy atom. The van der Waals surface area contributed by atoms with Crippen molar-refractivity contribution in [3.05, 3.63) is 29.0 Å². The molecular weight excluding hydrogens is 234 g/mol. The lowest BCUT2D eigenvalue weighted by molar-refractivity contribution is 0.791. The molecule has 0 radical (unpaired) electrons. The molecule has 0 aliphatic carbocycles. The number of aromatic nitrogens is 3. The van der Waals surface area contributed by atoms with Crippen LogP contribution in [-0.4, -0.2) is 28.5 Å². The molecule has 0 aliphatic heterocycles. The standard InChI is InChI=1S/C11H15N5S/c1-8(11-13-3-4-17-11)6-14-10-5-9(12-2)15-7-16-10/h3-5,7-8H,6H2,1-2H3,(H2,12,14,15,16). The van der Waals surface area contributed by atoms with Crippen molar-refractivity contribution >= 4 is 23.0 Å². The minimum absolute atomic E-state index is 0.378. The molecule has 0 bridgehead atoms. The van der Waals surface area contributed by atoms with Crippen molar-refractivity contribution < 1.29 is 0 Å². The summed E-state index contributed by atoms with van der Waals surface area (Å²) in [5.41, 5.74) is 0. The second kappa shape index (κ2) is 5.58. The maximum atomic E-state index is 4.30. The molecule has 90 valence electrons. The Kier molecular flexibility index (Phi) is 3.87. The minimum atomic E-state index is 0.378. The van der Waals surface area contributed by atoms with Gasteiger partial charge >= 0.3 is 0 Å². The number of rotatable bonds is 5. The van der Waals surface area contributed by atoms with E-state index < -0.39 is 0 Å². The molecule has 2 aromatic heterocycles. The van der Waals surface area contributed by atoms with E-state index in [1.807, 2.05) is 24.7 Å². The van der Waals surface area contributed by atoms with Crippen molar-refractivity contribution in [1.29, 1.82) is 0 Å². The molecule has 2 N–H and O–H groups in total. The van der Waals surface area contributed by atoms with Crippen molar-refractivity contribution in [1.82, 2.24) is 15.0 Å². The van der Waals surface area contributed by atoms with Gasteiger partial charge in [0.15, 0.2) is 0 Å². The first kappa shape index (κ1) is 11.8. The summed E-state index contributed by atoms with van der Waals surface area (Å²) in [5.74, 6) is 2.01. The van der Waals surface area contributed by atoms with Gasteiger partial charge < -0.3 is 10.6 Å². The third-order valence-electron chi connectivity index (χ3n) is 2.39. The minimum Gasteiger partial charge on any atom is -0.373 e. The molecule has 0 spiro atoms. The lowest BCUT2D eigenvalue weighted by atomic mass is 10.2. The smallest absolute Gasteiger partial charge is 0.131 e. The van der Waals surface area contributed by atoms with Crippen LogP contribution in [0.4, 0.5) is 11.6 Å². The van der Waals surface area contributed by atoms with Gasteiger partial charge in [-0.3, -0.25) is 0 Å². The topological polar surface area (TPSA) is 62.7 Å². The zero-order valence-corrected chi connectivity index (χ0v) is 10.7. The molecule has 0 saturated carbocycles. The zero-order chi connectivity index (χ0) is 12.1. The summed E-state index contributed by atoms with van der Waals surface area (Å²) in [6.07, 6.45) is 3.38. The van der Waals surface area contributed by atoms with Crippen LogP contribution in [0.2, 0.25) is 0 Å². The highest BCUT2D eigenvalue weighted by Crippen LogP contribution is 2.18. The molecule has 6 heteroatoms. The first-order valence-electron chi connectivity index (χ1n) is 5.42. The molecule has 0 fully saturated rings. The van der Waals surface area contributed by atoms with E-state index in [4.69, 9.17) is 0 Å². The summed E-state index contributed by atoms with van der Waals surface area (Å²) in [5, 5.41) is 9.40. The summed E-state index contributed by atoms with van der Waals surface area (Å²) in [7, 11) is 1.84. The van der Waals surface area contributed by atoms with Crippen molar-refractivity contribution in [3.8, 4) is 0 Å². The second-order valence-electron chi connectivity index (χ2n) is 3.69. The Morgan fingerprint density at radius 1 is 1.29 bits per heavy atom. The predicted octanol–water partition coefficient (Wildman–Crippen LogP) is 2.19. The van der Waals surface area contributed by atoms with Crippen molar-refractivity contribution in [2.24, 2.45) is 0 Å². The van der Waals surface area contributed by atoms with Gasteiger partial charge in [0.1, 0.15) is 18.0 Å². The zero-order valence-electron chi connectivity index (χ0n) is 9.84. The Morgan fingerprint density at radius 2 is 2.12 bits per heavy atom. The fraction of sp³-hybridized carbons (Fsp3) is 0.364. The fourth-order valence-electron chi connectivity index (χ4n) is 1.41. The molecule has 5 nitrogen and oxygen atoms in total. The van der Waals surface area contributed by atoms with E-state index in [9.17, 15) is 0 Å². The van der Waals surface area contributed by atoms with Crippen LogP contribution in [0.5, 0.6) is 0 Å². The van der Waals surface area contributed by atoms with Crippen LogP contribution in [-0.2, 0) is 0 Å². The molecule has 2 heterocycles. The highest BCUT2D eigenvalue weighted by Gasteiger charge is 2.08. The van der Waals surface area contributed by atoms with Crippen molar-refractivity contribution in [3.63, 3.8) is 0 Å². The van der Waals surface area contributed by atoms with Crippen LogP contribution < -0.4 is 10.6 Å². The van der Waals surface area contributed by atoms with Gasteiger partial charge in [0.05, 0.1) is 5.01 Å². The van der Waals surface area contributed by atoms with Gasteiger partial charge in [-0.15, -0.1) is 11.3 Å². The molecule has 0 amide bonds. The van der Waals surface area contributed by atoms with Crippen molar-refractivity contribution in [2.45, 2.75) is 12.8 Å². The Labute approximate surface area is 104 Å². The maximum Gasteiger partial charge on any atom is 0.131 e. The molecule has 0 aliphatic rings. The number of hydrogen-bond acceptors (Lipinski definition) is 6. The fourth-order valence-corrected chi connectivity index (χ4v) is 2.11. The van der Waals surface area contributed by atoms with Crippen LogP contribution in [0.1, 0.15) is 17.8 Å². The SMILES string of the molecule is CNc1cc(NCC(C)c2nccs2)ncn1. The number of nitrogens with one attached hydrogen (secondary N) is 2. The van der Waals surface area contributed by atoms with E-state index >= 15 is 0 Å². The number of hydrogen-bond donors (Lipinski definition) is 2. The summed E-state index contributed by atoms with van der Waals surface area (Å²) < 4.78 is 0. The second-order valence-corrected chi connectivity index (χ2v) is 4.62.